The van der Waals surface area contributed by atoms with Gasteiger partial charge in [-0.1, -0.05) is 17.7 Å². The molecule has 1 aromatic carbocycles. The highest BCUT2D eigenvalue weighted by atomic mass is 16.5. The number of aromatic nitrogens is 1. The Bertz CT molecular complexity index is 1010. The van der Waals surface area contributed by atoms with Crippen LogP contribution >= 0.6 is 0 Å². The van der Waals surface area contributed by atoms with Crippen molar-refractivity contribution >= 4 is 23.3 Å². The predicted octanol–water partition coefficient (Wildman–Crippen LogP) is 2.96. The first kappa shape index (κ1) is 20.5. The SMILES string of the molecule is Cc1ccc(OCC(=O)Nc2ccc(N3CCN(C(=O)c4ccco4)CC3)nc2)cc1. The van der Waals surface area contributed by atoms with Crippen LogP contribution in [0.1, 0.15) is 16.1 Å². The van der Waals surface area contributed by atoms with Crippen LogP contribution in [0.3, 0.4) is 0 Å². The van der Waals surface area contributed by atoms with Crippen LogP contribution in [0.4, 0.5) is 11.5 Å². The van der Waals surface area contributed by atoms with E-state index in [4.69, 9.17) is 9.15 Å². The largest absolute Gasteiger partial charge is 0.484 e. The summed E-state index contributed by atoms with van der Waals surface area (Å²) >= 11 is 0. The Morgan fingerprint density at radius 1 is 1.06 bits per heavy atom. The third-order valence-corrected chi connectivity index (χ3v) is 5.05. The average molecular weight is 420 g/mol. The molecule has 8 nitrogen and oxygen atoms in total. The number of pyridine rings is 1. The van der Waals surface area contributed by atoms with E-state index >= 15 is 0 Å². The van der Waals surface area contributed by atoms with Crippen molar-refractivity contribution in [3.8, 4) is 5.75 Å². The normalized spacial score (nSPS) is 13.7. The number of anilines is 2. The summed E-state index contributed by atoms with van der Waals surface area (Å²) in [5.41, 5.74) is 1.74. The molecule has 0 saturated carbocycles. The number of piperazine rings is 1. The summed E-state index contributed by atoms with van der Waals surface area (Å²) in [6, 6.07) is 14.6. The molecule has 0 unspecified atom stereocenters. The zero-order chi connectivity index (χ0) is 21.6. The number of carbonyl (C=O) groups excluding carboxylic acids is 2. The van der Waals surface area contributed by atoms with Crippen LogP contribution in [0, 0.1) is 6.92 Å². The molecule has 160 valence electrons. The Labute approximate surface area is 180 Å². The van der Waals surface area contributed by atoms with E-state index in [1.54, 1.807) is 23.2 Å². The van der Waals surface area contributed by atoms with Gasteiger partial charge in [0.1, 0.15) is 11.6 Å². The van der Waals surface area contributed by atoms with Gasteiger partial charge in [0.25, 0.3) is 11.8 Å². The standard InChI is InChI=1S/C23H24N4O4/c1-17-4-7-19(8-5-17)31-16-22(28)25-18-6-9-21(24-15-18)26-10-12-27(13-11-26)23(29)20-3-2-14-30-20/h2-9,14-15H,10-13,16H2,1H3,(H,25,28). The van der Waals surface area contributed by atoms with Gasteiger partial charge in [-0.2, -0.15) is 0 Å². The molecule has 1 N–H and O–H groups in total. The monoisotopic (exact) mass is 420 g/mol. The van der Waals surface area contributed by atoms with Gasteiger partial charge in [0.2, 0.25) is 0 Å². The first-order valence-corrected chi connectivity index (χ1v) is 10.1. The minimum absolute atomic E-state index is 0.0729. The van der Waals surface area contributed by atoms with Crippen molar-refractivity contribution in [3.05, 3.63) is 72.3 Å². The van der Waals surface area contributed by atoms with Crippen LogP contribution in [-0.2, 0) is 4.79 Å². The quantitative estimate of drug-likeness (QED) is 0.660. The lowest BCUT2D eigenvalue weighted by Crippen LogP contribution is -2.49. The van der Waals surface area contributed by atoms with E-state index in [-0.39, 0.29) is 18.4 Å². The van der Waals surface area contributed by atoms with E-state index < -0.39 is 0 Å². The molecule has 0 aliphatic carbocycles. The van der Waals surface area contributed by atoms with Crippen LogP contribution in [-0.4, -0.2) is 54.5 Å². The maximum Gasteiger partial charge on any atom is 0.289 e. The summed E-state index contributed by atoms with van der Waals surface area (Å²) in [6.45, 7) is 4.46. The molecule has 31 heavy (non-hydrogen) atoms. The molecule has 0 spiro atoms. The van der Waals surface area contributed by atoms with Crippen LogP contribution in [0.15, 0.2) is 65.4 Å². The molecule has 8 heteroatoms. The van der Waals surface area contributed by atoms with Gasteiger partial charge in [-0.25, -0.2) is 4.98 Å². The molecule has 1 aliphatic heterocycles. The fourth-order valence-electron chi connectivity index (χ4n) is 3.32. The lowest BCUT2D eigenvalue weighted by Gasteiger charge is -2.35. The van der Waals surface area contributed by atoms with Gasteiger partial charge in [-0.15, -0.1) is 0 Å². The first-order chi connectivity index (χ1) is 15.1. The number of amides is 2. The van der Waals surface area contributed by atoms with Crippen molar-refractivity contribution < 1.29 is 18.7 Å². The third-order valence-electron chi connectivity index (χ3n) is 5.05. The number of rotatable bonds is 6. The fraction of sp³-hybridized carbons (Fsp3) is 0.261. The Hall–Kier alpha value is -3.81. The number of furan rings is 1. The van der Waals surface area contributed by atoms with Crippen LogP contribution in [0.25, 0.3) is 0 Å². The number of ether oxygens (including phenoxy) is 1. The lowest BCUT2D eigenvalue weighted by molar-refractivity contribution is -0.118. The smallest absolute Gasteiger partial charge is 0.289 e. The summed E-state index contributed by atoms with van der Waals surface area (Å²) in [4.78, 5) is 32.8. The molecular weight excluding hydrogens is 396 g/mol. The fourth-order valence-corrected chi connectivity index (χ4v) is 3.32. The second kappa shape index (κ2) is 9.34. The number of aryl methyl sites for hydroxylation is 1. The van der Waals surface area contributed by atoms with Crippen molar-refractivity contribution in [1.82, 2.24) is 9.88 Å². The molecule has 3 aromatic rings. The van der Waals surface area contributed by atoms with Gasteiger partial charge in [-0.3, -0.25) is 9.59 Å². The number of nitrogens with zero attached hydrogens (tertiary/aromatic N) is 3. The molecule has 3 heterocycles. The first-order valence-electron chi connectivity index (χ1n) is 10.1. The van der Waals surface area contributed by atoms with Gasteiger partial charge >= 0.3 is 0 Å². The van der Waals surface area contributed by atoms with Crippen LogP contribution < -0.4 is 15.0 Å². The van der Waals surface area contributed by atoms with Crippen LogP contribution in [0.5, 0.6) is 5.75 Å². The summed E-state index contributed by atoms with van der Waals surface area (Å²) in [5, 5.41) is 2.78. The molecule has 1 fully saturated rings. The molecule has 4 rings (SSSR count). The third kappa shape index (κ3) is 5.22. The van der Waals surface area contributed by atoms with Crippen molar-refractivity contribution in [2.24, 2.45) is 0 Å². The Balaban J connectivity index is 1.25. The minimum Gasteiger partial charge on any atom is -0.484 e. The van der Waals surface area contributed by atoms with E-state index in [1.807, 2.05) is 43.3 Å². The highest BCUT2D eigenvalue weighted by Gasteiger charge is 2.24. The average Bonchev–Trinajstić information content (AvgIpc) is 3.34. The van der Waals surface area contributed by atoms with Crippen molar-refractivity contribution in [2.45, 2.75) is 6.92 Å². The summed E-state index contributed by atoms with van der Waals surface area (Å²) in [6.07, 6.45) is 3.13. The van der Waals surface area contributed by atoms with E-state index in [9.17, 15) is 9.59 Å². The molecule has 0 bridgehead atoms. The Morgan fingerprint density at radius 2 is 1.84 bits per heavy atom. The Morgan fingerprint density at radius 3 is 2.48 bits per heavy atom. The van der Waals surface area contributed by atoms with Crippen molar-refractivity contribution in [3.63, 3.8) is 0 Å². The predicted molar refractivity (Wildman–Crippen MR) is 116 cm³/mol. The van der Waals surface area contributed by atoms with E-state index in [1.165, 1.54) is 6.26 Å². The zero-order valence-corrected chi connectivity index (χ0v) is 17.3. The second-order valence-corrected chi connectivity index (χ2v) is 7.31. The maximum absolute atomic E-state index is 12.4. The van der Waals surface area contributed by atoms with Gasteiger partial charge < -0.3 is 24.3 Å². The molecular formula is C23H24N4O4. The highest BCUT2D eigenvalue weighted by molar-refractivity contribution is 5.92. The number of benzene rings is 1. The molecule has 2 amide bonds. The maximum atomic E-state index is 12.4. The summed E-state index contributed by atoms with van der Waals surface area (Å²) < 4.78 is 10.7. The van der Waals surface area contributed by atoms with E-state index in [2.05, 4.69) is 15.2 Å². The molecule has 0 radical (unpaired) electrons. The Kier molecular flexibility index (Phi) is 6.16. The van der Waals surface area contributed by atoms with Gasteiger partial charge in [0.15, 0.2) is 12.4 Å². The number of hydrogen-bond acceptors (Lipinski definition) is 6. The van der Waals surface area contributed by atoms with E-state index in [0.29, 0.717) is 43.4 Å². The number of carbonyl (C=O) groups is 2. The highest BCUT2D eigenvalue weighted by Crippen LogP contribution is 2.18. The zero-order valence-electron chi connectivity index (χ0n) is 17.3. The van der Waals surface area contributed by atoms with Crippen LogP contribution in [0.2, 0.25) is 0 Å². The molecule has 0 atom stereocenters. The molecule has 2 aromatic heterocycles. The van der Waals surface area contributed by atoms with Gasteiger partial charge in [-0.05, 0) is 43.3 Å². The summed E-state index contributed by atoms with van der Waals surface area (Å²) in [5.74, 6) is 1.47. The minimum atomic E-state index is -0.250. The lowest BCUT2D eigenvalue weighted by atomic mass is 10.2. The summed E-state index contributed by atoms with van der Waals surface area (Å²) in [7, 11) is 0. The van der Waals surface area contributed by atoms with Crippen molar-refractivity contribution in [1.29, 1.82) is 0 Å². The van der Waals surface area contributed by atoms with Gasteiger partial charge in [0.05, 0.1) is 18.1 Å². The number of hydrogen-bond donors (Lipinski definition) is 1. The van der Waals surface area contributed by atoms with Gasteiger partial charge in [0, 0.05) is 26.2 Å². The van der Waals surface area contributed by atoms with Crippen molar-refractivity contribution in [2.75, 3.05) is 43.0 Å². The second-order valence-electron chi connectivity index (χ2n) is 7.31. The van der Waals surface area contributed by atoms with E-state index in [0.717, 1.165) is 11.4 Å². The number of nitrogens with one attached hydrogen (secondary N) is 1. The molecule has 1 saturated heterocycles. The molecule has 1 aliphatic rings. The topological polar surface area (TPSA) is 87.9 Å².